The van der Waals surface area contributed by atoms with Crippen molar-refractivity contribution in [3.63, 3.8) is 0 Å². The standard InChI is InChI=1S/C11H8BrNO2S/c12-7-1-3-8(4-2-7)14-10-6-5-9(15-10)11(13)16/h1-6H,(H2,13,16). The molecule has 0 aliphatic rings. The van der Waals surface area contributed by atoms with E-state index in [-0.39, 0.29) is 4.99 Å². The van der Waals surface area contributed by atoms with Gasteiger partial charge in [-0.2, -0.15) is 0 Å². The maximum Gasteiger partial charge on any atom is 0.290 e. The van der Waals surface area contributed by atoms with Gasteiger partial charge in [-0.25, -0.2) is 0 Å². The van der Waals surface area contributed by atoms with Crippen LogP contribution in [0.4, 0.5) is 0 Å². The maximum absolute atomic E-state index is 5.46. The lowest BCUT2D eigenvalue weighted by Gasteiger charge is -2.01. The van der Waals surface area contributed by atoms with Gasteiger partial charge in [-0.05, 0) is 30.3 Å². The first-order chi connectivity index (χ1) is 7.65. The van der Waals surface area contributed by atoms with Crippen LogP contribution in [-0.4, -0.2) is 4.99 Å². The molecule has 0 unspecified atom stereocenters. The maximum atomic E-state index is 5.46. The summed E-state index contributed by atoms with van der Waals surface area (Å²) in [7, 11) is 0. The Morgan fingerprint density at radius 1 is 1.19 bits per heavy atom. The van der Waals surface area contributed by atoms with Gasteiger partial charge < -0.3 is 14.9 Å². The summed E-state index contributed by atoms with van der Waals surface area (Å²) in [4.78, 5) is 0.214. The van der Waals surface area contributed by atoms with Crippen molar-refractivity contribution in [1.82, 2.24) is 0 Å². The third kappa shape index (κ3) is 2.62. The average Bonchev–Trinajstić information content (AvgIpc) is 2.70. The first kappa shape index (κ1) is 11.2. The molecule has 1 aromatic heterocycles. The van der Waals surface area contributed by atoms with Gasteiger partial charge in [0, 0.05) is 10.5 Å². The lowest BCUT2D eigenvalue weighted by Crippen LogP contribution is -2.07. The lowest BCUT2D eigenvalue weighted by molar-refractivity contribution is 0.344. The summed E-state index contributed by atoms with van der Waals surface area (Å²) >= 11 is 8.12. The molecule has 0 saturated heterocycles. The van der Waals surface area contributed by atoms with Crippen LogP contribution in [0.2, 0.25) is 0 Å². The van der Waals surface area contributed by atoms with Crippen molar-refractivity contribution in [3.05, 3.63) is 46.6 Å². The number of halogens is 1. The minimum Gasteiger partial charge on any atom is -0.426 e. The first-order valence-electron chi connectivity index (χ1n) is 4.48. The fourth-order valence-electron chi connectivity index (χ4n) is 1.13. The van der Waals surface area contributed by atoms with Gasteiger partial charge in [-0.1, -0.05) is 28.1 Å². The van der Waals surface area contributed by atoms with Crippen molar-refractivity contribution in [2.24, 2.45) is 5.73 Å². The summed E-state index contributed by atoms with van der Waals surface area (Å²) in [6.07, 6.45) is 0. The highest BCUT2D eigenvalue weighted by molar-refractivity contribution is 9.10. The molecule has 82 valence electrons. The van der Waals surface area contributed by atoms with Gasteiger partial charge in [0.2, 0.25) is 0 Å². The second-order valence-electron chi connectivity index (χ2n) is 3.04. The summed E-state index contributed by atoms with van der Waals surface area (Å²) < 4.78 is 11.7. The summed E-state index contributed by atoms with van der Waals surface area (Å²) in [6.45, 7) is 0. The van der Waals surface area contributed by atoms with E-state index >= 15 is 0 Å². The predicted octanol–water partition coefficient (Wildman–Crippen LogP) is 3.47. The van der Waals surface area contributed by atoms with E-state index in [0.717, 1.165) is 4.47 Å². The number of hydrogen-bond acceptors (Lipinski definition) is 3. The van der Waals surface area contributed by atoms with E-state index in [1.807, 2.05) is 24.3 Å². The molecule has 1 heterocycles. The van der Waals surface area contributed by atoms with Gasteiger partial charge in [0.1, 0.15) is 10.7 Å². The molecule has 0 fully saturated rings. The van der Waals surface area contributed by atoms with Gasteiger partial charge in [0.25, 0.3) is 5.95 Å². The van der Waals surface area contributed by atoms with Crippen molar-refractivity contribution in [2.45, 2.75) is 0 Å². The zero-order valence-corrected chi connectivity index (χ0v) is 10.5. The monoisotopic (exact) mass is 297 g/mol. The first-order valence-corrected chi connectivity index (χ1v) is 5.68. The molecular formula is C11H8BrNO2S. The molecule has 0 aliphatic carbocycles. The van der Waals surface area contributed by atoms with Crippen molar-refractivity contribution >= 4 is 33.1 Å². The topological polar surface area (TPSA) is 48.4 Å². The van der Waals surface area contributed by atoms with Gasteiger partial charge >= 0.3 is 0 Å². The van der Waals surface area contributed by atoms with Crippen LogP contribution in [0, 0.1) is 0 Å². The SMILES string of the molecule is NC(=S)c1ccc(Oc2ccc(Br)cc2)o1. The smallest absolute Gasteiger partial charge is 0.290 e. The number of hydrogen-bond donors (Lipinski definition) is 1. The Morgan fingerprint density at radius 3 is 2.44 bits per heavy atom. The molecule has 0 aliphatic heterocycles. The van der Waals surface area contributed by atoms with Crippen molar-refractivity contribution < 1.29 is 9.15 Å². The Balaban J connectivity index is 2.14. The molecule has 2 N–H and O–H groups in total. The molecule has 2 aromatic rings. The van der Waals surface area contributed by atoms with Crippen molar-refractivity contribution in [1.29, 1.82) is 0 Å². The molecule has 3 nitrogen and oxygen atoms in total. The quantitative estimate of drug-likeness (QED) is 0.881. The molecule has 1 aromatic carbocycles. The number of furan rings is 1. The van der Waals surface area contributed by atoms with E-state index in [9.17, 15) is 0 Å². The predicted molar refractivity (Wildman–Crippen MR) is 68.8 cm³/mol. The largest absolute Gasteiger partial charge is 0.426 e. The summed E-state index contributed by atoms with van der Waals surface area (Å²) in [5, 5.41) is 0. The number of nitrogens with two attached hydrogens (primary N) is 1. The van der Waals surface area contributed by atoms with E-state index in [1.54, 1.807) is 12.1 Å². The van der Waals surface area contributed by atoms with Crippen molar-refractivity contribution in [3.8, 4) is 11.7 Å². The Morgan fingerprint density at radius 2 is 1.88 bits per heavy atom. The summed E-state index contributed by atoms with van der Waals surface area (Å²) in [5.74, 6) is 1.50. The Kier molecular flexibility index (Phi) is 3.26. The zero-order valence-electron chi connectivity index (χ0n) is 8.14. The second kappa shape index (κ2) is 4.67. The van der Waals surface area contributed by atoms with Gasteiger partial charge in [0.15, 0.2) is 5.76 Å². The van der Waals surface area contributed by atoms with Crippen LogP contribution >= 0.6 is 28.1 Å². The number of rotatable bonds is 3. The molecule has 2 rings (SSSR count). The van der Waals surface area contributed by atoms with Crippen LogP contribution in [0.1, 0.15) is 5.76 Å². The highest BCUT2D eigenvalue weighted by Gasteiger charge is 2.05. The van der Waals surface area contributed by atoms with Crippen LogP contribution < -0.4 is 10.5 Å². The Hall–Kier alpha value is -1.33. The van der Waals surface area contributed by atoms with E-state index < -0.39 is 0 Å². The van der Waals surface area contributed by atoms with E-state index in [2.05, 4.69) is 15.9 Å². The molecule has 0 spiro atoms. The number of ether oxygens (including phenoxy) is 1. The summed E-state index contributed by atoms with van der Waals surface area (Å²) in [5.41, 5.74) is 5.42. The Labute approximate surface area is 106 Å². The van der Waals surface area contributed by atoms with Crippen LogP contribution in [0.25, 0.3) is 0 Å². The highest BCUT2D eigenvalue weighted by atomic mass is 79.9. The molecule has 0 bridgehead atoms. The fraction of sp³-hybridized carbons (Fsp3) is 0. The third-order valence-corrected chi connectivity index (χ3v) is 2.59. The minimum atomic E-state index is 0.214. The van der Waals surface area contributed by atoms with Gasteiger partial charge in [-0.15, -0.1) is 0 Å². The van der Waals surface area contributed by atoms with Crippen LogP contribution in [0.15, 0.2) is 45.3 Å². The van der Waals surface area contributed by atoms with Gasteiger partial charge in [-0.3, -0.25) is 0 Å². The van der Waals surface area contributed by atoms with Gasteiger partial charge in [0.05, 0.1) is 0 Å². The van der Waals surface area contributed by atoms with Crippen LogP contribution in [-0.2, 0) is 0 Å². The van der Waals surface area contributed by atoms with E-state index in [0.29, 0.717) is 17.5 Å². The third-order valence-electron chi connectivity index (χ3n) is 1.86. The second-order valence-corrected chi connectivity index (χ2v) is 4.39. The summed E-state index contributed by atoms with van der Waals surface area (Å²) in [6, 6.07) is 10.8. The minimum absolute atomic E-state index is 0.214. The molecule has 0 amide bonds. The van der Waals surface area contributed by atoms with E-state index in [4.69, 9.17) is 27.1 Å². The van der Waals surface area contributed by atoms with Crippen LogP contribution in [0.5, 0.6) is 11.7 Å². The number of thiocarbonyl (C=S) groups is 1. The lowest BCUT2D eigenvalue weighted by atomic mass is 10.3. The molecular weight excluding hydrogens is 290 g/mol. The molecule has 0 saturated carbocycles. The van der Waals surface area contributed by atoms with Crippen LogP contribution in [0.3, 0.4) is 0 Å². The Bertz CT molecular complexity index is 507. The molecule has 0 radical (unpaired) electrons. The fourth-order valence-corrected chi connectivity index (χ4v) is 1.50. The van der Waals surface area contributed by atoms with Crippen molar-refractivity contribution in [2.75, 3.05) is 0 Å². The number of benzene rings is 1. The molecule has 5 heteroatoms. The highest BCUT2D eigenvalue weighted by Crippen LogP contribution is 2.24. The molecule has 16 heavy (non-hydrogen) atoms. The van der Waals surface area contributed by atoms with E-state index in [1.165, 1.54) is 0 Å². The normalized spacial score (nSPS) is 10.1. The average molecular weight is 298 g/mol. The zero-order chi connectivity index (χ0) is 11.5. The molecule has 0 atom stereocenters.